The maximum absolute atomic E-state index is 11.6. The molecule has 6 heteroatoms. The van der Waals surface area contributed by atoms with Gasteiger partial charge in [0.25, 0.3) is 5.91 Å². The van der Waals surface area contributed by atoms with Gasteiger partial charge >= 0.3 is 0 Å². The summed E-state index contributed by atoms with van der Waals surface area (Å²) in [5.41, 5.74) is 7.41. The zero-order valence-corrected chi connectivity index (χ0v) is 13.2. The van der Waals surface area contributed by atoms with E-state index in [9.17, 15) is 9.59 Å². The summed E-state index contributed by atoms with van der Waals surface area (Å²) in [5, 5.41) is 0. The number of hydrogen-bond acceptors (Lipinski definition) is 3. The number of amides is 2. The number of fused-ring (bicyclic) bond motifs is 1. The smallest absolute Gasteiger partial charge is 0.276 e. The molecule has 1 aromatic carbocycles. The summed E-state index contributed by atoms with van der Waals surface area (Å²) in [6, 6.07) is 5.94. The van der Waals surface area contributed by atoms with Gasteiger partial charge in [-0.2, -0.15) is 0 Å². The second-order valence-electron chi connectivity index (χ2n) is 5.88. The van der Waals surface area contributed by atoms with Crippen molar-refractivity contribution in [3.05, 3.63) is 29.3 Å². The molecule has 0 saturated heterocycles. The van der Waals surface area contributed by atoms with Crippen molar-refractivity contribution >= 4 is 11.8 Å². The minimum atomic E-state index is -0.369. The van der Waals surface area contributed by atoms with Gasteiger partial charge in [0.2, 0.25) is 5.91 Å². The molecule has 0 saturated carbocycles. The molecule has 3 N–H and O–H groups in total. The van der Waals surface area contributed by atoms with Crippen molar-refractivity contribution in [1.82, 2.24) is 10.9 Å². The molecule has 0 bridgehead atoms. The van der Waals surface area contributed by atoms with Gasteiger partial charge in [0, 0.05) is 0 Å². The molecule has 0 aromatic heterocycles. The number of rotatable bonds is 6. The second kappa shape index (κ2) is 7.79. The Morgan fingerprint density at radius 3 is 2.64 bits per heavy atom. The van der Waals surface area contributed by atoms with E-state index in [0.29, 0.717) is 18.7 Å². The van der Waals surface area contributed by atoms with Crippen LogP contribution in [0.2, 0.25) is 0 Å². The lowest BCUT2D eigenvalue weighted by Crippen LogP contribution is -3.05. The summed E-state index contributed by atoms with van der Waals surface area (Å²) in [6.07, 6.45) is 3.74. The van der Waals surface area contributed by atoms with Crippen LogP contribution < -0.4 is 20.5 Å². The molecule has 0 atom stereocenters. The first-order valence-electron chi connectivity index (χ1n) is 7.66. The van der Waals surface area contributed by atoms with Crippen LogP contribution >= 0.6 is 0 Å². The fourth-order valence-electron chi connectivity index (χ4n) is 2.39. The molecule has 0 spiro atoms. The standard InChI is InChI=1S/C16H23N3O3/c1-19(2)9-8-15(20)17-18-16(21)11-22-14-7-6-12-4-3-5-13(12)10-14/h6-7,10H,3-5,8-9,11H2,1-2H3,(H,17,20)(H,18,21)/p+1. The minimum absolute atomic E-state index is 0.113. The van der Waals surface area contributed by atoms with Crippen molar-refractivity contribution in [2.75, 3.05) is 27.2 Å². The Morgan fingerprint density at radius 2 is 1.86 bits per heavy atom. The maximum Gasteiger partial charge on any atom is 0.276 e. The van der Waals surface area contributed by atoms with E-state index in [1.807, 2.05) is 26.2 Å². The van der Waals surface area contributed by atoms with Gasteiger partial charge in [0.1, 0.15) is 5.75 Å². The number of carbonyl (C=O) groups excluding carboxylic acids is 2. The number of hydrazine groups is 1. The molecule has 0 unspecified atom stereocenters. The Kier molecular flexibility index (Phi) is 5.77. The van der Waals surface area contributed by atoms with Crippen LogP contribution in [0.15, 0.2) is 18.2 Å². The highest BCUT2D eigenvalue weighted by Gasteiger charge is 2.12. The molecule has 2 rings (SSSR count). The van der Waals surface area contributed by atoms with Crippen molar-refractivity contribution in [3.8, 4) is 5.75 Å². The number of carbonyl (C=O) groups is 2. The third-order valence-corrected chi connectivity index (χ3v) is 3.63. The highest BCUT2D eigenvalue weighted by molar-refractivity contribution is 5.82. The van der Waals surface area contributed by atoms with E-state index in [4.69, 9.17) is 4.74 Å². The Labute approximate surface area is 130 Å². The first kappa shape index (κ1) is 16.3. The Balaban J connectivity index is 1.68. The van der Waals surface area contributed by atoms with E-state index in [0.717, 1.165) is 12.8 Å². The molecule has 0 heterocycles. The lowest BCUT2D eigenvalue weighted by molar-refractivity contribution is -0.857. The van der Waals surface area contributed by atoms with Gasteiger partial charge in [-0.25, -0.2) is 0 Å². The van der Waals surface area contributed by atoms with Gasteiger partial charge in [0.15, 0.2) is 6.61 Å². The molecular formula is C16H24N3O3+. The van der Waals surface area contributed by atoms with E-state index in [1.54, 1.807) is 0 Å². The van der Waals surface area contributed by atoms with E-state index in [1.165, 1.54) is 22.4 Å². The van der Waals surface area contributed by atoms with E-state index in [2.05, 4.69) is 16.9 Å². The van der Waals surface area contributed by atoms with Crippen LogP contribution in [0.3, 0.4) is 0 Å². The summed E-state index contributed by atoms with van der Waals surface area (Å²) < 4.78 is 5.46. The Morgan fingerprint density at radius 1 is 1.14 bits per heavy atom. The molecule has 0 fully saturated rings. The average molecular weight is 306 g/mol. The van der Waals surface area contributed by atoms with Crippen LogP contribution in [0.1, 0.15) is 24.0 Å². The average Bonchev–Trinajstić information content (AvgIpc) is 2.96. The number of hydrogen-bond donors (Lipinski definition) is 3. The molecule has 120 valence electrons. The van der Waals surface area contributed by atoms with Gasteiger partial charge < -0.3 is 9.64 Å². The van der Waals surface area contributed by atoms with Crippen LogP contribution in [-0.4, -0.2) is 39.1 Å². The minimum Gasteiger partial charge on any atom is -0.484 e. The lowest BCUT2D eigenvalue weighted by Gasteiger charge is -2.10. The Bertz CT molecular complexity index is 543. The third kappa shape index (κ3) is 5.04. The van der Waals surface area contributed by atoms with Crippen molar-refractivity contribution in [3.63, 3.8) is 0 Å². The van der Waals surface area contributed by atoms with E-state index in [-0.39, 0.29) is 18.4 Å². The van der Waals surface area contributed by atoms with Crippen LogP contribution in [0.5, 0.6) is 5.75 Å². The van der Waals surface area contributed by atoms with E-state index >= 15 is 0 Å². The topological polar surface area (TPSA) is 71.9 Å². The third-order valence-electron chi connectivity index (χ3n) is 3.63. The summed E-state index contributed by atoms with van der Waals surface area (Å²) in [5.74, 6) is 0.122. The molecule has 1 aliphatic rings. The van der Waals surface area contributed by atoms with Crippen molar-refractivity contribution < 1.29 is 19.2 Å². The van der Waals surface area contributed by atoms with E-state index < -0.39 is 0 Å². The first-order chi connectivity index (χ1) is 10.5. The van der Waals surface area contributed by atoms with Crippen molar-refractivity contribution in [2.24, 2.45) is 0 Å². The fraction of sp³-hybridized carbons (Fsp3) is 0.500. The lowest BCUT2D eigenvalue weighted by atomic mass is 10.1. The molecule has 6 nitrogen and oxygen atoms in total. The predicted octanol–water partition coefficient (Wildman–Crippen LogP) is -0.764. The molecule has 1 aromatic rings. The van der Waals surface area contributed by atoms with Crippen molar-refractivity contribution in [2.45, 2.75) is 25.7 Å². The highest BCUT2D eigenvalue weighted by atomic mass is 16.5. The summed E-state index contributed by atoms with van der Waals surface area (Å²) in [4.78, 5) is 24.3. The van der Waals surface area contributed by atoms with Crippen LogP contribution in [0.4, 0.5) is 0 Å². The number of quaternary nitrogens is 1. The van der Waals surface area contributed by atoms with Gasteiger partial charge in [-0.15, -0.1) is 0 Å². The molecular weight excluding hydrogens is 282 g/mol. The largest absolute Gasteiger partial charge is 0.484 e. The number of nitrogens with one attached hydrogen (secondary N) is 3. The molecule has 22 heavy (non-hydrogen) atoms. The first-order valence-corrected chi connectivity index (χ1v) is 7.66. The predicted molar refractivity (Wildman–Crippen MR) is 82.5 cm³/mol. The zero-order chi connectivity index (χ0) is 15.9. The highest BCUT2D eigenvalue weighted by Crippen LogP contribution is 2.25. The number of benzene rings is 1. The summed E-state index contributed by atoms with van der Waals surface area (Å²) >= 11 is 0. The van der Waals surface area contributed by atoms with Crippen LogP contribution in [0.25, 0.3) is 0 Å². The van der Waals surface area contributed by atoms with Gasteiger partial charge in [-0.1, -0.05) is 6.07 Å². The molecule has 0 aliphatic heterocycles. The zero-order valence-electron chi connectivity index (χ0n) is 13.2. The normalized spacial score (nSPS) is 12.9. The maximum atomic E-state index is 11.6. The van der Waals surface area contributed by atoms with Gasteiger partial charge in [0.05, 0.1) is 27.1 Å². The van der Waals surface area contributed by atoms with Crippen molar-refractivity contribution in [1.29, 1.82) is 0 Å². The summed E-state index contributed by atoms with van der Waals surface area (Å²) in [6.45, 7) is 0.603. The molecule has 1 aliphatic carbocycles. The number of ether oxygens (including phenoxy) is 1. The van der Waals surface area contributed by atoms with Crippen LogP contribution in [0, 0.1) is 0 Å². The quantitative estimate of drug-likeness (QED) is 0.605. The van der Waals surface area contributed by atoms with Gasteiger partial charge in [-0.3, -0.25) is 20.4 Å². The molecule has 0 radical (unpaired) electrons. The SMILES string of the molecule is C[NH+](C)CCC(=O)NNC(=O)COc1ccc2c(c1)CCC2. The molecule has 2 amide bonds. The Hall–Kier alpha value is -2.08. The summed E-state index contributed by atoms with van der Waals surface area (Å²) in [7, 11) is 3.94. The fourth-order valence-corrected chi connectivity index (χ4v) is 2.39. The van der Waals surface area contributed by atoms with Crippen LogP contribution in [-0.2, 0) is 22.4 Å². The monoisotopic (exact) mass is 306 g/mol. The second-order valence-corrected chi connectivity index (χ2v) is 5.88. The van der Waals surface area contributed by atoms with Gasteiger partial charge in [-0.05, 0) is 42.5 Å². The number of aryl methyl sites for hydroxylation is 2.